The van der Waals surface area contributed by atoms with Crippen LogP contribution >= 0.6 is 23.4 Å². The van der Waals surface area contributed by atoms with Gasteiger partial charge in [0.05, 0.1) is 6.04 Å². The number of nitrogens with zero attached hydrogens (tertiary/aromatic N) is 2. The molecule has 126 valence electrons. The molecule has 3 nitrogen and oxygen atoms in total. The van der Waals surface area contributed by atoms with Crippen LogP contribution in [0.2, 0.25) is 5.02 Å². The van der Waals surface area contributed by atoms with Crippen LogP contribution in [0.5, 0.6) is 0 Å². The number of likely N-dealkylation sites (tertiary alicyclic amines) is 1. The number of carbonyl (C=O) groups excluding carboxylic acids is 1. The van der Waals surface area contributed by atoms with Gasteiger partial charge in [0.1, 0.15) is 0 Å². The fraction of sp³-hybridized carbons (Fsp3) is 0.611. The maximum Gasteiger partial charge on any atom is 0.254 e. The van der Waals surface area contributed by atoms with Crippen molar-refractivity contribution in [1.29, 1.82) is 0 Å². The number of carbonyl (C=O) groups is 1. The lowest BCUT2D eigenvalue weighted by Gasteiger charge is -2.35. The third-order valence-corrected chi connectivity index (χ3v) is 6.16. The summed E-state index contributed by atoms with van der Waals surface area (Å²) in [5.74, 6) is 2.36. The van der Waals surface area contributed by atoms with Gasteiger partial charge in [-0.25, -0.2) is 0 Å². The third-order valence-electron chi connectivity index (χ3n) is 4.71. The molecule has 3 rings (SSSR count). The second-order valence-electron chi connectivity index (χ2n) is 6.45. The van der Waals surface area contributed by atoms with Crippen molar-refractivity contribution in [2.24, 2.45) is 0 Å². The molecule has 2 heterocycles. The first-order chi connectivity index (χ1) is 11.2. The molecule has 1 unspecified atom stereocenters. The molecule has 0 bridgehead atoms. The van der Waals surface area contributed by atoms with Gasteiger partial charge in [-0.1, -0.05) is 18.0 Å². The first-order valence-electron chi connectivity index (χ1n) is 8.61. The predicted molar refractivity (Wildman–Crippen MR) is 98.5 cm³/mol. The minimum Gasteiger partial charge on any atom is -0.334 e. The van der Waals surface area contributed by atoms with E-state index in [0.717, 1.165) is 36.6 Å². The van der Waals surface area contributed by atoms with E-state index in [1.54, 1.807) is 12.1 Å². The first kappa shape index (κ1) is 17.1. The monoisotopic (exact) mass is 352 g/mol. The van der Waals surface area contributed by atoms with Crippen molar-refractivity contribution in [3.8, 4) is 0 Å². The molecule has 23 heavy (non-hydrogen) atoms. The van der Waals surface area contributed by atoms with Crippen LogP contribution in [0.15, 0.2) is 24.3 Å². The number of amides is 1. The van der Waals surface area contributed by atoms with Crippen LogP contribution in [-0.2, 0) is 0 Å². The third kappa shape index (κ3) is 4.65. The molecule has 1 aromatic carbocycles. The van der Waals surface area contributed by atoms with E-state index in [1.165, 1.54) is 32.4 Å². The predicted octanol–water partition coefficient (Wildman–Crippen LogP) is 3.77. The molecule has 2 saturated heterocycles. The van der Waals surface area contributed by atoms with E-state index >= 15 is 0 Å². The molecule has 1 atom stereocenters. The summed E-state index contributed by atoms with van der Waals surface area (Å²) in [6.07, 6.45) is 5.03. The summed E-state index contributed by atoms with van der Waals surface area (Å²) in [7, 11) is 0. The van der Waals surface area contributed by atoms with Crippen LogP contribution in [0.25, 0.3) is 0 Å². The standard InChI is InChI=1S/C18H25ClN2OS/c19-16-7-5-15(6-8-16)18(22)21-11-4-12-23-14-17(21)13-20-9-2-1-3-10-20/h5-8,17H,1-4,9-14H2. The van der Waals surface area contributed by atoms with Gasteiger partial charge in [0.2, 0.25) is 0 Å². The number of halogens is 1. The Kier molecular flexibility index (Phi) is 6.26. The molecule has 0 aromatic heterocycles. The molecule has 0 radical (unpaired) electrons. The van der Waals surface area contributed by atoms with Gasteiger partial charge >= 0.3 is 0 Å². The zero-order valence-electron chi connectivity index (χ0n) is 13.5. The maximum atomic E-state index is 13.0. The number of piperidine rings is 1. The highest BCUT2D eigenvalue weighted by Gasteiger charge is 2.28. The average molecular weight is 353 g/mol. The van der Waals surface area contributed by atoms with Crippen LogP contribution in [-0.4, -0.2) is 59.4 Å². The summed E-state index contributed by atoms with van der Waals surface area (Å²) in [5.41, 5.74) is 0.755. The summed E-state index contributed by atoms with van der Waals surface area (Å²) in [6, 6.07) is 7.63. The van der Waals surface area contributed by atoms with E-state index in [9.17, 15) is 4.79 Å². The van der Waals surface area contributed by atoms with Crippen molar-refractivity contribution in [1.82, 2.24) is 9.80 Å². The van der Waals surface area contributed by atoms with E-state index in [0.29, 0.717) is 11.1 Å². The van der Waals surface area contributed by atoms with Crippen molar-refractivity contribution >= 4 is 29.3 Å². The lowest BCUT2D eigenvalue weighted by atomic mass is 10.1. The molecule has 2 fully saturated rings. The highest BCUT2D eigenvalue weighted by Crippen LogP contribution is 2.22. The van der Waals surface area contributed by atoms with E-state index < -0.39 is 0 Å². The molecule has 2 aliphatic rings. The summed E-state index contributed by atoms with van der Waals surface area (Å²) in [4.78, 5) is 17.6. The van der Waals surface area contributed by atoms with Gasteiger partial charge in [-0.2, -0.15) is 11.8 Å². The topological polar surface area (TPSA) is 23.6 Å². The lowest BCUT2D eigenvalue weighted by molar-refractivity contribution is 0.0645. The minimum atomic E-state index is 0.158. The Morgan fingerprint density at radius 3 is 2.57 bits per heavy atom. The summed E-state index contributed by atoms with van der Waals surface area (Å²) in [5, 5.41) is 0.679. The molecule has 1 aromatic rings. The molecule has 0 saturated carbocycles. The number of thioether (sulfide) groups is 1. The lowest BCUT2D eigenvalue weighted by Crippen LogP contribution is -2.49. The zero-order valence-corrected chi connectivity index (χ0v) is 15.1. The first-order valence-corrected chi connectivity index (χ1v) is 10.1. The van der Waals surface area contributed by atoms with Crippen LogP contribution in [0.1, 0.15) is 36.0 Å². The van der Waals surface area contributed by atoms with Gasteiger partial charge in [-0.15, -0.1) is 0 Å². The van der Waals surface area contributed by atoms with Gasteiger partial charge in [-0.05, 0) is 62.4 Å². The van der Waals surface area contributed by atoms with E-state index in [4.69, 9.17) is 11.6 Å². The largest absolute Gasteiger partial charge is 0.334 e. The molecule has 0 N–H and O–H groups in total. The maximum absolute atomic E-state index is 13.0. The van der Waals surface area contributed by atoms with Crippen LogP contribution < -0.4 is 0 Å². The Hall–Kier alpha value is -0.710. The smallest absolute Gasteiger partial charge is 0.254 e. The van der Waals surface area contributed by atoms with E-state index in [-0.39, 0.29) is 5.91 Å². The van der Waals surface area contributed by atoms with Crippen LogP contribution in [0.3, 0.4) is 0 Å². The summed E-state index contributed by atoms with van der Waals surface area (Å²) in [6.45, 7) is 4.26. The fourth-order valence-electron chi connectivity index (χ4n) is 3.45. The molecular formula is C18H25ClN2OS. The Bertz CT molecular complexity index is 516. The van der Waals surface area contributed by atoms with E-state index in [2.05, 4.69) is 9.80 Å². The Labute approximate surface area is 148 Å². The minimum absolute atomic E-state index is 0.158. The molecule has 1 amide bonds. The van der Waals surface area contributed by atoms with Crippen LogP contribution in [0, 0.1) is 0 Å². The summed E-state index contributed by atoms with van der Waals surface area (Å²) >= 11 is 7.94. The zero-order chi connectivity index (χ0) is 16.1. The normalized spacial score (nSPS) is 23.5. The van der Waals surface area contributed by atoms with Crippen molar-refractivity contribution < 1.29 is 4.79 Å². The van der Waals surface area contributed by atoms with Crippen LogP contribution in [0.4, 0.5) is 0 Å². The fourth-order valence-corrected chi connectivity index (χ4v) is 4.63. The van der Waals surface area contributed by atoms with Crippen molar-refractivity contribution in [2.45, 2.75) is 31.7 Å². The van der Waals surface area contributed by atoms with Gasteiger partial charge in [0.15, 0.2) is 0 Å². The molecule has 5 heteroatoms. The number of hydrogen-bond donors (Lipinski definition) is 0. The average Bonchev–Trinajstić information content (AvgIpc) is 2.81. The van der Waals surface area contributed by atoms with Crippen molar-refractivity contribution in [2.75, 3.05) is 37.7 Å². The highest BCUT2D eigenvalue weighted by molar-refractivity contribution is 7.99. The Morgan fingerprint density at radius 2 is 1.83 bits per heavy atom. The quantitative estimate of drug-likeness (QED) is 0.827. The van der Waals surface area contributed by atoms with E-state index in [1.807, 2.05) is 23.9 Å². The van der Waals surface area contributed by atoms with Gasteiger partial charge in [-0.3, -0.25) is 4.79 Å². The summed E-state index contributed by atoms with van der Waals surface area (Å²) < 4.78 is 0. The Morgan fingerprint density at radius 1 is 1.09 bits per heavy atom. The number of benzene rings is 1. The second kappa shape index (κ2) is 8.41. The van der Waals surface area contributed by atoms with Gasteiger partial charge < -0.3 is 9.80 Å². The molecule has 0 aliphatic carbocycles. The molecule has 0 spiro atoms. The SMILES string of the molecule is O=C(c1ccc(Cl)cc1)N1CCCSCC1CN1CCCCC1. The Balaban J connectivity index is 1.72. The number of rotatable bonds is 3. The molecule has 2 aliphatic heterocycles. The number of hydrogen-bond acceptors (Lipinski definition) is 3. The highest BCUT2D eigenvalue weighted by atomic mass is 35.5. The van der Waals surface area contributed by atoms with Crippen molar-refractivity contribution in [3.63, 3.8) is 0 Å². The van der Waals surface area contributed by atoms with Crippen molar-refractivity contribution in [3.05, 3.63) is 34.9 Å². The second-order valence-corrected chi connectivity index (χ2v) is 8.04. The molecular weight excluding hydrogens is 328 g/mol. The van der Waals surface area contributed by atoms with Gasteiger partial charge in [0.25, 0.3) is 5.91 Å². The van der Waals surface area contributed by atoms with Gasteiger partial charge in [0, 0.05) is 29.4 Å².